The Kier molecular flexibility index (Phi) is 17.7. The molecule has 6 rings (SSSR count). The molecule has 75 heavy (non-hydrogen) atoms. The molecule has 24 heteroatoms. The van der Waals surface area contributed by atoms with E-state index >= 15 is 0 Å². The molecule has 4 aromatic carbocycles. The van der Waals surface area contributed by atoms with E-state index in [4.69, 9.17) is 14.3 Å². The van der Waals surface area contributed by atoms with Crippen molar-refractivity contribution in [3.8, 4) is 0 Å². The van der Waals surface area contributed by atoms with E-state index in [0.717, 1.165) is 12.1 Å². The zero-order chi connectivity index (χ0) is 55.5. The monoisotopic (exact) mass is 1110 g/mol. The molecule has 0 aromatic heterocycles. The largest absolute Gasteiger partial charge is 0.385 e. The van der Waals surface area contributed by atoms with Crippen molar-refractivity contribution in [2.24, 2.45) is 0 Å². The minimum atomic E-state index is -5.03. The number of ether oxygens (including phenoxy) is 2. The van der Waals surface area contributed by atoms with Gasteiger partial charge in [0.15, 0.2) is 0 Å². The van der Waals surface area contributed by atoms with Crippen LogP contribution in [0, 0.1) is 6.92 Å². The van der Waals surface area contributed by atoms with Gasteiger partial charge in [0, 0.05) is 86.2 Å². The van der Waals surface area contributed by atoms with Crippen molar-refractivity contribution in [2.75, 3.05) is 38.9 Å². The molecule has 2 heterocycles. The minimum Gasteiger partial charge on any atom is -0.385 e. The first-order valence-corrected chi connectivity index (χ1v) is 29.1. The van der Waals surface area contributed by atoms with Crippen LogP contribution in [0.3, 0.4) is 0 Å². The lowest BCUT2D eigenvalue weighted by Gasteiger charge is -2.34. The van der Waals surface area contributed by atoms with E-state index in [2.05, 4.69) is 6.58 Å². The van der Waals surface area contributed by atoms with Crippen LogP contribution in [0.4, 0.5) is 5.69 Å². The first-order valence-electron chi connectivity index (χ1n) is 23.3. The highest BCUT2D eigenvalue weighted by Gasteiger charge is 2.45. The Bertz CT molecular complexity index is 3550. The first-order chi connectivity index (χ1) is 35.0. The predicted molar refractivity (Wildman–Crippen MR) is 277 cm³/mol. The third-order valence-electron chi connectivity index (χ3n) is 13.5. The number of unbranched alkanes of at least 4 members (excludes halogenated alkanes) is 2. The number of hydrogen-bond acceptors (Lipinski definition) is 15. The summed E-state index contributed by atoms with van der Waals surface area (Å²) in [5.74, 6) is -1.95. The quantitative estimate of drug-likeness (QED) is 0.0240. The number of aryl methyl sites for hydroxylation is 1. The zero-order valence-electron chi connectivity index (χ0n) is 41.7. The standard InChI is InChI=1S/C51H58N2O18S4/c1-33-18-19-37-39(29-35(72(57,58)59)31-42(37)74(63,64)65)48(33)50(3,24-27-69-5)34(2)15-11-8-7-9-12-16-44-51(4,25-28-70-6)49-40-30-36(73(60,61)62)32-43(75(66,67)68)38(40)20-21-41(49)52(44)26-14-10-13-17-47(56)71-53-45(54)22-23-46(53)55/h7-9,11-12,15-16,18-21,29-32H,2,10,13-14,17,22-28H2,1,3-6H3,(H,57,58,59)(H,60,61,62)(H,63,64,65)(H,66,67,68)/b8-7+,12-9+,15-11+,44-16+. The van der Waals surface area contributed by atoms with E-state index in [0.29, 0.717) is 76.7 Å². The normalized spacial score (nSPS) is 18.2. The number of nitrogens with zero attached hydrogens (tertiary/aromatic N) is 2. The first kappa shape index (κ1) is 58.3. The number of carbonyl (C=O) groups is 3. The van der Waals surface area contributed by atoms with Gasteiger partial charge in [0.1, 0.15) is 9.79 Å². The van der Waals surface area contributed by atoms with Gasteiger partial charge in [-0.2, -0.15) is 33.7 Å². The maximum absolute atomic E-state index is 12.7. The Morgan fingerprint density at radius 2 is 1.27 bits per heavy atom. The number of anilines is 1. The Labute approximate surface area is 436 Å². The fourth-order valence-corrected chi connectivity index (χ4v) is 12.4. The second kappa shape index (κ2) is 22.7. The minimum absolute atomic E-state index is 0.00606. The predicted octanol–water partition coefficient (Wildman–Crippen LogP) is 7.67. The summed E-state index contributed by atoms with van der Waals surface area (Å²) in [4.78, 5) is 40.5. The highest BCUT2D eigenvalue weighted by Crippen LogP contribution is 2.54. The van der Waals surface area contributed by atoms with Crippen molar-refractivity contribution in [3.05, 3.63) is 126 Å². The number of benzene rings is 4. The van der Waals surface area contributed by atoms with Crippen molar-refractivity contribution in [3.63, 3.8) is 0 Å². The van der Waals surface area contributed by atoms with E-state index in [1.54, 1.807) is 55.5 Å². The average Bonchev–Trinajstić information content (AvgIpc) is 3.76. The number of hydroxylamine groups is 2. The molecule has 2 aliphatic heterocycles. The lowest BCUT2D eigenvalue weighted by atomic mass is 9.70. The molecular formula is C51H58N2O18S4. The van der Waals surface area contributed by atoms with Gasteiger partial charge >= 0.3 is 5.97 Å². The summed E-state index contributed by atoms with van der Waals surface area (Å²) in [5.41, 5.74) is 1.21. The molecule has 2 atom stereocenters. The maximum atomic E-state index is 12.7. The van der Waals surface area contributed by atoms with Crippen LogP contribution in [-0.4, -0.2) is 109 Å². The molecular weight excluding hydrogens is 1060 g/mol. The van der Waals surface area contributed by atoms with Gasteiger partial charge in [-0.25, -0.2) is 4.79 Å². The molecule has 1 fully saturated rings. The van der Waals surface area contributed by atoms with Crippen molar-refractivity contribution in [2.45, 2.75) is 103 Å². The molecule has 4 N–H and O–H groups in total. The molecule has 0 spiro atoms. The van der Waals surface area contributed by atoms with Gasteiger partial charge in [0.2, 0.25) is 0 Å². The molecule has 20 nitrogen and oxygen atoms in total. The fourth-order valence-electron chi connectivity index (χ4n) is 9.71. The number of fused-ring (bicyclic) bond motifs is 4. The van der Waals surface area contributed by atoms with E-state index in [9.17, 15) is 66.3 Å². The smallest absolute Gasteiger partial charge is 0.333 e. The molecule has 2 amide bonds. The molecule has 1 saturated heterocycles. The van der Waals surface area contributed by atoms with E-state index in [1.165, 1.54) is 26.4 Å². The summed E-state index contributed by atoms with van der Waals surface area (Å²) in [7, 11) is -17.0. The fraction of sp³-hybridized carbons (Fsp3) is 0.353. The zero-order valence-corrected chi connectivity index (χ0v) is 44.9. The van der Waals surface area contributed by atoms with Gasteiger partial charge in [0.05, 0.1) is 9.79 Å². The highest BCUT2D eigenvalue weighted by molar-refractivity contribution is 7.87. The van der Waals surface area contributed by atoms with E-state index < -0.39 is 88.7 Å². The second-order valence-corrected chi connectivity index (χ2v) is 24.1. The number of hydrogen-bond donors (Lipinski definition) is 4. The van der Waals surface area contributed by atoms with Crippen LogP contribution >= 0.6 is 0 Å². The summed E-state index contributed by atoms with van der Waals surface area (Å²) >= 11 is 0. The van der Waals surface area contributed by atoms with Crippen molar-refractivity contribution in [1.29, 1.82) is 0 Å². The Balaban J connectivity index is 1.36. The summed E-state index contributed by atoms with van der Waals surface area (Å²) in [5, 5.41) is 0.755. The van der Waals surface area contributed by atoms with Gasteiger partial charge in [0.25, 0.3) is 52.3 Å². The van der Waals surface area contributed by atoms with Gasteiger partial charge in [-0.3, -0.25) is 27.8 Å². The SMILES string of the molecule is C=C(/C=C/C=C/C=C/C=C1/N(CCCCCC(=O)ON2C(=O)CCC2=O)c2ccc3c(S(=O)(=O)O)cc(S(=O)(=O)O)cc3c2C1(C)CCOC)C(C)(CCOC)c1c(C)ccc2c(S(=O)(=O)O)cc(S(=O)(=O)O)cc12. The number of carbonyl (C=O) groups excluding carboxylic acids is 3. The Morgan fingerprint density at radius 1 is 0.720 bits per heavy atom. The van der Waals surface area contributed by atoms with Crippen LogP contribution in [0.25, 0.3) is 21.5 Å². The molecule has 2 unspecified atom stereocenters. The van der Waals surface area contributed by atoms with Crippen LogP contribution in [0.2, 0.25) is 0 Å². The van der Waals surface area contributed by atoms with Gasteiger partial charge in [-0.05, 0) is 109 Å². The molecule has 0 bridgehead atoms. The molecule has 0 radical (unpaired) electrons. The number of methoxy groups -OCH3 is 2. The summed E-state index contributed by atoms with van der Waals surface area (Å²) in [6.07, 6.45) is 13.7. The van der Waals surface area contributed by atoms with Crippen LogP contribution in [0.1, 0.15) is 81.9 Å². The third-order valence-corrected chi connectivity index (χ3v) is 17.0. The van der Waals surface area contributed by atoms with Crippen molar-refractivity contribution < 1.29 is 80.6 Å². The summed E-state index contributed by atoms with van der Waals surface area (Å²) < 4.78 is 152. The van der Waals surface area contributed by atoms with Crippen molar-refractivity contribution >= 4 is 85.5 Å². The highest BCUT2D eigenvalue weighted by atomic mass is 32.2. The van der Waals surface area contributed by atoms with Gasteiger partial charge < -0.3 is 19.2 Å². The van der Waals surface area contributed by atoms with Gasteiger partial charge in [-0.15, -0.1) is 5.06 Å². The van der Waals surface area contributed by atoms with Crippen LogP contribution in [0.5, 0.6) is 0 Å². The number of imide groups is 1. The topological polar surface area (TPSA) is 303 Å². The van der Waals surface area contributed by atoms with Crippen molar-refractivity contribution in [1.82, 2.24) is 5.06 Å². The number of amides is 2. The lowest BCUT2D eigenvalue weighted by Crippen LogP contribution is -2.32. The summed E-state index contributed by atoms with van der Waals surface area (Å²) in [6.45, 7) is 10.4. The molecule has 0 saturated carbocycles. The second-order valence-electron chi connectivity index (χ2n) is 18.5. The van der Waals surface area contributed by atoms with Crippen LogP contribution in [-0.2, 0) is 80.0 Å². The number of allylic oxidation sites excluding steroid dienone is 9. The maximum Gasteiger partial charge on any atom is 0.333 e. The van der Waals surface area contributed by atoms with E-state index in [1.807, 2.05) is 24.8 Å². The van der Waals surface area contributed by atoms with Crippen LogP contribution in [0.15, 0.2) is 128 Å². The summed E-state index contributed by atoms with van der Waals surface area (Å²) in [6, 6.07) is 9.82. The van der Waals surface area contributed by atoms with Crippen LogP contribution < -0.4 is 4.90 Å². The Hall–Kier alpha value is -5.93. The van der Waals surface area contributed by atoms with E-state index in [-0.39, 0.29) is 66.9 Å². The number of rotatable bonds is 23. The molecule has 2 aliphatic rings. The van der Waals surface area contributed by atoms with Gasteiger partial charge in [-0.1, -0.05) is 74.6 Å². The molecule has 0 aliphatic carbocycles. The average molecular weight is 1120 g/mol. The molecule has 4 aromatic rings. The Morgan fingerprint density at radius 3 is 1.84 bits per heavy atom. The third kappa shape index (κ3) is 12.7. The molecule has 404 valence electrons. The lowest BCUT2D eigenvalue weighted by molar-refractivity contribution is -0.197.